The van der Waals surface area contributed by atoms with Crippen LogP contribution in [-0.4, -0.2) is 23.2 Å². The monoisotopic (exact) mass is 258 g/mol. The van der Waals surface area contributed by atoms with Crippen molar-refractivity contribution in [1.29, 1.82) is 0 Å². The number of amides is 1. The smallest absolute Gasteiger partial charge is 0.239 e. The number of hydrogen-bond acceptors (Lipinski definition) is 5. The van der Waals surface area contributed by atoms with E-state index in [0.717, 1.165) is 4.90 Å². The van der Waals surface area contributed by atoms with Crippen molar-refractivity contribution in [3.8, 4) is 5.88 Å². The summed E-state index contributed by atoms with van der Waals surface area (Å²) in [6.45, 7) is 1.73. The number of para-hydroxylation sites is 1. The Hall–Kier alpha value is -2.63. The zero-order valence-corrected chi connectivity index (χ0v) is 10.5. The molecular formula is C13H12N3O3-. The summed E-state index contributed by atoms with van der Waals surface area (Å²) >= 11 is 0. The number of methoxy groups -OCH3 is 1. The van der Waals surface area contributed by atoms with Gasteiger partial charge in [-0.1, -0.05) is 18.2 Å². The number of aryl methyl sites for hydroxylation is 1. The number of nitrogens with zero attached hydrogens (tertiary/aromatic N) is 3. The normalized spacial score (nSPS) is 10.0. The van der Waals surface area contributed by atoms with Crippen molar-refractivity contribution in [3.05, 3.63) is 42.1 Å². The van der Waals surface area contributed by atoms with E-state index in [2.05, 4.69) is 9.97 Å². The van der Waals surface area contributed by atoms with E-state index in [9.17, 15) is 9.90 Å². The lowest BCUT2D eigenvalue weighted by Gasteiger charge is -2.23. The van der Waals surface area contributed by atoms with Crippen molar-refractivity contribution in [2.24, 2.45) is 0 Å². The number of carboxylic acid groups (broad SMARTS) is 1. The van der Waals surface area contributed by atoms with Crippen LogP contribution in [0.25, 0.3) is 0 Å². The summed E-state index contributed by atoms with van der Waals surface area (Å²) in [4.78, 5) is 20.3. The van der Waals surface area contributed by atoms with E-state index in [1.165, 1.54) is 7.11 Å². The summed E-state index contributed by atoms with van der Waals surface area (Å²) in [7, 11) is 1.46. The molecule has 0 N–H and O–H groups in total. The lowest BCUT2D eigenvalue weighted by molar-refractivity contribution is -0.245. The Balaban J connectivity index is 2.51. The third kappa shape index (κ3) is 2.79. The van der Waals surface area contributed by atoms with Crippen LogP contribution in [0.3, 0.4) is 0 Å². The fraction of sp³-hybridized carbons (Fsp3) is 0.154. The zero-order valence-electron chi connectivity index (χ0n) is 10.5. The molecular weight excluding hydrogens is 246 g/mol. The first-order valence-electron chi connectivity index (χ1n) is 5.57. The molecule has 0 radical (unpaired) electrons. The highest BCUT2D eigenvalue weighted by molar-refractivity contribution is 5.91. The van der Waals surface area contributed by atoms with Gasteiger partial charge in [0.05, 0.1) is 12.8 Å². The van der Waals surface area contributed by atoms with Crippen LogP contribution in [0, 0.1) is 6.92 Å². The second-order valence-corrected chi connectivity index (χ2v) is 3.79. The highest BCUT2D eigenvalue weighted by Gasteiger charge is 2.15. The molecule has 0 fully saturated rings. The molecule has 0 unspecified atom stereocenters. The average molecular weight is 258 g/mol. The standard InChI is InChI=1S/C13H13N3O3/c1-9-8-11(19-2)15-12(14-9)16(13(17)18)10-6-4-3-5-7-10/h3-8H,1-2H3,(H,17,18)/p-1. The van der Waals surface area contributed by atoms with Crippen molar-refractivity contribution in [2.75, 3.05) is 12.0 Å². The van der Waals surface area contributed by atoms with Crippen molar-refractivity contribution in [1.82, 2.24) is 9.97 Å². The van der Waals surface area contributed by atoms with Crippen LogP contribution in [0.4, 0.5) is 16.4 Å². The van der Waals surface area contributed by atoms with Crippen LogP contribution < -0.4 is 14.7 Å². The number of carbonyl (C=O) groups excluding carboxylic acids is 1. The molecule has 19 heavy (non-hydrogen) atoms. The maximum atomic E-state index is 11.3. The Bertz CT molecular complexity index is 587. The first-order chi connectivity index (χ1) is 9.11. The highest BCUT2D eigenvalue weighted by atomic mass is 16.5. The van der Waals surface area contributed by atoms with Gasteiger partial charge in [-0.25, -0.2) is 4.98 Å². The van der Waals surface area contributed by atoms with Crippen LogP contribution in [0.5, 0.6) is 5.88 Å². The van der Waals surface area contributed by atoms with Gasteiger partial charge in [-0.2, -0.15) is 4.98 Å². The number of anilines is 2. The first-order valence-corrected chi connectivity index (χ1v) is 5.57. The molecule has 2 aromatic rings. The van der Waals surface area contributed by atoms with E-state index in [0.29, 0.717) is 17.3 Å². The first kappa shape index (κ1) is 12.8. The van der Waals surface area contributed by atoms with Crippen LogP contribution in [0.15, 0.2) is 36.4 Å². The molecule has 0 saturated carbocycles. The van der Waals surface area contributed by atoms with Crippen molar-refractivity contribution < 1.29 is 14.6 Å². The number of carbonyl (C=O) groups is 1. The van der Waals surface area contributed by atoms with Gasteiger partial charge in [0.15, 0.2) is 0 Å². The van der Waals surface area contributed by atoms with Gasteiger partial charge in [0.2, 0.25) is 11.8 Å². The Morgan fingerprint density at radius 1 is 1.26 bits per heavy atom. The maximum Gasteiger partial charge on any atom is 0.239 e. The molecule has 1 aromatic carbocycles. The number of hydrogen-bond donors (Lipinski definition) is 0. The van der Waals surface area contributed by atoms with Gasteiger partial charge in [-0.15, -0.1) is 0 Å². The lowest BCUT2D eigenvalue weighted by Crippen LogP contribution is -2.39. The van der Waals surface area contributed by atoms with Crippen molar-refractivity contribution in [2.45, 2.75) is 6.92 Å². The Morgan fingerprint density at radius 2 is 1.95 bits per heavy atom. The Morgan fingerprint density at radius 3 is 2.53 bits per heavy atom. The molecule has 1 heterocycles. The molecule has 0 spiro atoms. The average Bonchev–Trinajstić information content (AvgIpc) is 2.39. The van der Waals surface area contributed by atoms with E-state index in [1.807, 2.05) is 0 Å². The largest absolute Gasteiger partial charge is 0.529 e. The molecule has 6 nitrogen and oxygen atoms in total. The fourth-order valence-electron chi connectivity index (χ4n) is 1.61. The van der Waals surface area contributed by atoms with Gasteiger partial charge < -0.3 is 14.6 Å². The summed E-state index contributed by atoms with van der Waals surface area (Å²) in [5.41, 5.74) is 1.01. The second-order valence-electron chi connectivity index (χ2n) is 3.79. The molecule has 0 aliphatic heterocycles. The quantitative estimate of drug-likeness (QED) is 0.828. The maximum absolute atomic E-state index is 11.3. The van der Waals surface area contributed by atoms with Crippen molar-refractivity contribution >= 4 is 17.7 Å². The topological polar surface area (TPSA) is 78.4 Å². The van der Waals surface area contributed by atoms with Crippen LogP contribution in [0.1, 0.15) is 5.69 Å². The molecule has 98 valence electrons. The van der Waals surface area contributed by atoms with Crippen LogP contribution in [-0.2, 0) is 0 Å². The van der Waals surface area contributed by atoms with E-state index in [4.69, 9.17) is 4.74 Å². The number of aromatic nitrogens is 2. The van der Waals surface area contributed by atoms with Gasteiger partial charge in [0.1, 0.15) is 6.09 Å². The third-order valence-electron chi connectivity index (χ3n) is 2.43. The van der Waals surface area contributed by atoms with Crippen LogP contribution in [0.2, 0.25) is 0 Å². The van der Waals surface area contributed by atoms with Gasteiger partial charge in [0, 0.05) is 11.8 Å². The second kappa shape index (κ2) is 5.34. The van der Waals surface area contributed by atoms with Gasteiger partial charge >= 0.3 is 0 Å². The Labute approximate surface area is 110 Å². The van der Waals surface area contributed by atoms with Gasteiger partial charge in [-0.3, -0.25) is 4.90 Å². The zero-order chi connectivity index (χ0) is 13.8. The molecule has 0 bridgehead atoms. The van der Waals surface area contributed by atoms with Crippen LogP contribution >= 0.6 is 0 Å². The molecule has 0 aliphatic rings. The fourth-order valence-corrected chi connectivity index (χ4v) is 1.61. The Kier molecular flexibility index (Phi) is 3.61. The van der Waals surface area contributed by atoms with E-state index >= 15 is 0 Å². The minimum atomic E-state index is -1.40. The summed E-state index contributed by atoms with van der Waals surface area (Å²) in [6.07, 6.45) is -1.40. The minimum absolute atomic E-state index is 0.00282. The number of rotatable bonds is 3. The van der Waals surface area contributed by atoms with Gasteiger partial charge in [0.25, 0.3) is 0 Å². The predicted molar refractivity (Wildman–Crippen MR) is 67.3 cm³/mol. The molecule has 6 heteroatoms. The SMILES string of the molecule is COc1cc(C)nc(N(C(=O)[O-])c2ccccc2)n1. The summed E-state index contributed by atoms with van der Waals surface area (Å²) in [5.74, 6) is 0.299. The molecule has 0 saturated heterocycles. The number of benzene rings is 1. The van der Waals surface area contributed by atoms with Gasteiger partial charge in [-0.05, 0) is 19.1 Å². The lowest BCUT2D eigenvalue weighted by atomic mass is 10.3. The van der Waals surface area contributed by atoms with E-state index < -0.39 is 6.09 Å². The van der Waals surface area contributed by atoms with Crippen molar-refractivity contribution in [3.63, 3.8) is 0 Å². The summed E-state index contributed by atoms with van der Waals surface area (Å²) in [6, 6.07) is 10.1. The molecule has 0 atom stereocenters. The van der Waals surface area contributed by atoms with E-state index in [1.54, 1.807) is 43.3 Å². The molecule has 0 aliphatic carbocycles. The molecule has 1 aromatic heterocycles. The molecule has 2 rings (SSSR count). The summed E-state index contributed by atoms with van der Waals surface area (Å²) < 4.78 is 5.01. The summed E-state index contributed by atoms with van der Waals surface area (Å²) in [5, 5.41) is 11.3. The molecule has 1 amide bonds. The third-order valence-corrected chi connectivity index (χ3v) is 2.43. The highest BCUT2D eigenvalue weighted by Crippen LogP contribution is 2.23. The predicted octanol–water partition coefficient (Wildman–Crippen LogP) is 1.28. The number of ether oxygens (including phenoxy) is 1. The minimum Gasteiger partial charge on any atom is -0.529 e. The van der Waals surface area contributed by atoms with E-state index in [-0.39, 0.29) is 5.95 Å².